The molecule has 0 atom stereocenters. The lowest BCUT2D eigenvalue weighted by Gasteiger charge is -2.40. The number of benzene rings is 1. The Labute approximate surface area is 204 Å². The van der Waals surface area contributed by atoms with Crippen LogP contribution in [0.15, 0.2) is 12.1 Å². The number of carbonyl (C=O) groups excluding carboxylic acids is 1. The van der Waals surface area contributed by atoms with E-state index in [0.717, 1.165) is 14.2 Å². The predicted molar refractivity (Wildman–Crippen MR) is 91.7 cm³/mol. The summed E-state index contributed by atoms with van der Waals surface area (Å²) in [6, 6.07) is 0.995. The van der Waals surface area contributed by atoms with Crippen LogP contribution >= 0.6 is 0 Å². The van der Waals surface area contributed by atoms with E-state index in [-0.39, 0.29) is 0 Å². The standard InChI is InChI=1S/C17H10F15NO6/c1-37-8-3-6(7(33(35)36)4-9(8)38-2)5-39-10(34)11(18,19)12(20,21)13(22,23)14(24,25)15(26,27)16(28,29)17(30,31)32/h3-4H,5H2,1-2H3. The van der Waals surface area contributed by atoms with Crippen LogP contribution in [0.5, 0.6) is 11.5 Å². The number of methoxy groups -OCH3 is 2. The summed E-state index contributed by atoms with van der Waals surface area (Å²) in [7, 11) is 1.84. The van der Waals surface area contributed by atoms with E-state index >= 15 is 0 Å². The Morgan fingerprint density at radius 2 is 1.10 bits per heavy atom. The number of carbonyl (C=O) groups is 1. The van der Waals surface area contributed by atoms with Crippen LogP contribution < -0.4 is 9.47 Å². The first-order chi connectivity index (χ1) is 17.2. The second-order valence-corrected chi connectivity index (χ2v) is 7.11. The maximum atomic E-state index is 13.9. The van der Waals surface area contributed by atoms with Crippen LogP contribution in [0.2, 0.25) is 0 Å². The number of nitro benzene ring substituents is 1. The van der Waals surface area contributed by atoms with E-state index in [9.17, 15) is 80.8 Å². The monoisotopic (exact) mass is 609 g/mol. The lowest BCUT2D eigenvalue weighted by atomic mass is 9.91. The van der Waals surface area contributed by atoms with Gasteiger partial charge in [-0.15, -0.1) is 0 Å². The van der Waals surface area contributed by atoms with Crippen molar-refractivity contribution in [3.63, 3.8) is 0 Å². The molecule has 0 radical (unpaired) electrons. The number of nitrogens with zero attached hydrogens (tertiary/aromatic N) is 1. The third-order valence-electron chi connectivity index (χ3n) is 4.72. The van der Waals surface area contributed by atoms with Gasteiger partial charge in [0.25, 0.3) is 5.69 Å². The topological polar surface area (TPSA) is 87.9 Å². The van der Waals surface area contributed by atoms with Crippen molar-refractivity contribution in [3.05, 3.63) is 27.8 Å². The number of ether oxygens (including phenoxy) is 3. The zero-order valence-corrected chi connectivity index (χ0v) is 18.4. The lowest BCUT2D eigenvalue weighted by Crippen LogP contribution is -2.73. The largest absolute Gasteiger partial charge is 0.493 e. The van der Waals surface area contributed by atoms with Crippen LogP contribution in [-0.4, -0.2) is 66.8 Å². The van der Waals surface area contributed by atoms with Crippen molar-refractivity contribution in [2.24, 2.45) is 0 Å². The molecule has 0 fully saturated rings. The molecule has 0 bridgehead atoms. The van der Waals surface area contributed by atoms with Gasteiger partial charge in [-0.2, -0.15) is 65.9 Å². The SMILES string of the molecule is COc1cc(COC(=O)C(F)(F)C(F)(F)C(F)(F)C(F)(F)C(F)(F)C(F)(F)C(F)(F)F)c([N+](=O)[O-])cc1OC. The highest BCUT2D eigenvalue weighted by Gasteiger charge is 2.94. The van der Waals surface area contributed by atoms with E-state index in [1.807, 2.05) is 0 Å². The average Bonchev–Trinajstić information content (AvgIpc) is 2.80. The van der Waals surface area contributed by atoms with Gasteiger partial charge in [-0.25, -0.2) is 4.79 Å². The Morgan fingerprint density at radius 1 is 0.718 bits per heavy atom. The zero-order chi connectivity index (χ0) is 31.2. The number of halogens is 15. The Morgan fingerprint density at radius 3 is 1.49 bits per heavy atom. The first-order valence-electron chi connectivity index (χ1n) is 9.10. The highest BCUT2D eigenvalue weighted by atomic mass is 19.4. The third kappa shape index (κ3) is 5.03. The van der Waals surface area contributed by atoms with Gasteiger partial charge in [0.15, 0.2) is 11.5 Å². The molecular formula is C17H10F15NO6. The molecule has 0 aliphatic rings. The summed E-state index contributed by atoms with van der Waals surface area (Å²) in [5, 5.41) is 11.1. The van der Waals surface area contributed by atoms with E-state index in [1.165, 1.54) is 0 Å². The predicted octanol–water partition coefficient (Wildman–Crippen LogP) is 6.03. The van der Waals surface area contributed by atoms with Crippen molar-refractivity contribution in [1.82, 2.24) is 0 Å². The second-order valence-electron chi connectivity index (χ2n) is 7.11. The Balaban J connectivity index is 3.48. The molecule has 0 heterocycles. The van der Waals surface area contributed by atoms with E-state index < -0.39 is 82.0 Å². The molecule has 0 saturated carbocycles. The number of nitro groups is 1. The minimum Gasteiger partial charge on any atom is -0.493 e. The Bertz CT molecular complexity index is 1100. The molecule has 0 saturated heterocycles. The van der Waals surface area contributed by atoms with Gasteiger partial charge in [0, 0.05) is 0 Å². The molecule has 0 N–H and O–H groups in total. The first-order valence-corrected chi connectivity index (χ1v) is 9.10. The zero-order valence-electron chi connectivity index (χ0n) is 18.4. The van der Waals surface area contributed by atoms with Crippen LogP contribution in [0.1, 0.15) is 5.56 Å². The molecule has 0 aliphatic carbocycles. The van der Waals surface area contributed by atoms with Gasteiger partial charge in [-0.1, -0.05) is 0 Å². The molecule has 0 aliphatic heterocycles. The summed E-state index contributed by atoms with van der Waals surface area (Å²) in [6.45, 7) is -1.91. The van der Waals surface area contributed by atoms with Crippen molar-refractivity contribution in [2.45, 2.75) is 48.3 Å². The number of esters is 1. The Kier molecular flexibility index (Phi) is 8.62. The third-order valence-corrected chi connectivity index (χ3v) is 4.72. The van der Waals surface area contributed by atoms with Gasteiger partial charge >= 0.3 is 47.7 Å². The van der Waals surface area contributed by atoms with Crippen molar-refractivity contribution < 1.29 is 89.8 Å². The fourth-order valence-electron chi connectivity index (χ4n) is 2.52. The van der Waals surface area contributed by atoms with Crippen LogP contribution in [0.4, 0.5) is 71.5 Å². The molecule has 1 rings (SSSR count). The van der Waals surface area contributed by atoms with Gasteiger partial charge < -0.3 is 14.2 Å². The fourth-order valence-corrected chi connectivity index (χ4v) is 2.52. The molecule has 1 aromatic rings. The molecule has 0 spiro atoms. The van der Waals surface area contributed by atoms with Crippen LogP contribution in [0, 0.1) is 10.1 Å². The normalized spacial score (nSPS) is 14.2. The summed E-state index contributed by atoms with van der Waals surface area (Å²) in [5.74, 6) is -54.1. The second kappa shape index (κ2) is 9.99. The average molecular weight is 609 g/mol. The number of hydrogen-bond donors (Lipinski definition) is 0. The maximum Gasteiger partial charge on any atom is 0.460 e. The molecule has 39 heavy (non-hydrogen) atoms. The molecule has 224 valence electrons. The molecule has 0 amide bonds. The Hall–Kier alpha value is -3.36. The molecular weight excluding hydrogens is 599 g/mol. The van der Waals surface area contributed by atoms with E-state index in [2.05, 4.69) is 14.2 Å². The molecule has 0 unspecified atom stereocenters. The van der Waals surface area contributed by atoms with Gasteiger partial charge in [-0.05, 0) is 6.07 Å². The first kappa shape index (κ1) is 33.7. The smallest absolute Gasteiger partial charge is 0.460 e. The van der Waals surface area contributed by atoms with Gasteiger partial charge in [0.05, 0.1) is 30.8 Å². The minimum absolute atomic E-state index is 0.422. The number of rotatable bonds is 11. The van der Waals surface area contributed by atoms with E-state index in [0.29, 0.717) is 12.1 Å². The van der Waals surface area contributed by atoms with Gasteiger partial charge in [-0.3, -0.25) is 10.1 Å². The lowest BCUT2D eigenvalue weighted by molar-refractivity contribution is -0.450. The minimum atomic E-state index is -8.59. The van der Waals surface area contributed by atoms with Crippen LogP contribution in [0.3, 0.4) is 0 Å². The highest BCUT2D eigenvalue weighted by molar-refractivity contribution is 5.79. The van der Waals surface area contributed by atoms with Crippen molar-refractivity contribution in [3.8, 4) is 11.5 Å². The summed E-state index contributed by atoms with van der Waals surface area (Å²) in [4.78, 5) is 21.2. The summed E-state index contributed by atoms with van der Waals surface area (Å²) < 4.78 is 211. The van der Waals surface area contributed by atoms with Crippen LogP contribution in [0.25, 0.3) is 0 Å². The molecule has 1 aromatic carbocycles. The number of hydrogen-bond acceptors (Lipinski definition) is 6. The maximum absolute atomic E-state index is 13.9. The van der Waals surface area contributed by atoms with E-state index in [4.69, 9.17) is 0 Å². The van der Waals surface area contributed by atoms with Gasteiger partial charge in [0.1, 0.15) is 6.61 Å². The van der Waals surface area contributed by atoms with Crippen molar-refractivity contribution >= 4 is 11.7 Å². The van der Waals surface area contributed by atoms with Crippen LogP contribution in [-0.2, 0) is 16.1 Å². The van der Waals surface area contributed by atoms with E-state index in [1.54, 1.807) is 0 Å². The molecule has 7 nitrogen and oxygen atoms in total. The molecule has 0 aromatic heterocycles. The van der Waals surface area contributed by atoms with Gasteiger partial charge in [0.2, 0.25) is 0 Å². The summed E-state index contributed by atoms with van der Waals surface area (Å²) >= 11 is 0. The molecule has 22 heteroatoms. The quantitative estimate of drug-likeness (QED) is 0.132. The summed E-state index contributed by atoms with van der Waals surface area (Å²) in [6.07, 6.45) is -7.78. The highest BCUT2D eigenvalue weighted by Crippen LogP contribution is 2.62. The van der Waals surface area contributed by atoms with Crippen molar-refractivity contribution in [2.75, 3.05) is 14.2 Å². The number of alkyl halides is 15. The van der Waals surface area contributed by atoms with Crippen molar-refractivity contribution in [1.29, 1.82) is 0 Å². The fraction of sp³-hybridized carbons (Fsp3) is 0.588. The summed E-state index contributed by atoms with van der Waals surface area (Å²) in [5.41, 5.74) is -2.19.